The molecular formula is C18H23BrN2O4. The number of amides is 2. The minimum atomic E-state index is -0.826. The van der Waals surface area contributed by atoms with Gasteiger partial charge >= 0.3 is 5.97 Å². The molecule has 0 bridgehead atoms. The molecular weight excluding hydrogens is 388 g/mol. The van der Waals surface area contributed by atoms with Crippen molar-refractivity contribution in [2.75, 3.05) is 19.7 Å². The molecule has 0 aliphatic carbocycles. The second-order valence-corrected chi connectivity index (χ2v) is 7.02. The number of rotatable bonds is 5. The molecule has 1 saturated heterocycles. The summed E-state index contributed by atoms with van der Waals surface area (Å²) in [5.74, 6) is -1.16. The molecule has 1 aliphatic rings. The molecule has 1 aliphatic heterocycles. The highest BCUT2D eigenvalue weighted by Crippen LogP contribution is 2.11. The van der Waals surface area contributed by atoms with Crippen LogP contribution in [-0.2, 0) is 14.3 Å². The largest absolute Gasteiger partial charge is 0.454 e. The number of esters is 1. The first kappa shape index (κ1) is 19.4. The zero-order valence-electron chi connectivity index (χ0n) is 14.3. The third kappa shape index (κ3) is 6.16. The lowest BCUT2D eigenvalue weighted by molar-refractivity contribution is -0.153. The summed E-state index contributed by atoms with van der Waals surface area (Å²) in [4.78, 5) is 37.9. The lowest BCUT2D eigenvalue weighted by Gasteiger charge is -2.20. The van der Waals surface area contributed by atoms with Crippen molar-refractivity contribution in [3.63, 3.8) is 0 Å². The molecule has 0 spiro atoms. The van der Waals surface area contributed by atoms with E-state index in [0.29, 0.717) is 18.7 Å². The number of benzene rings is 1. The molecule has 0 aromatic heterocycles. The molecule has 7 heteroatoms. The molecule has 1 aromatic carbocycles. The van der Waals surface area contributed by atoms with Crippen LogP contribution in [0.1, 0.15) is 43.0 Å². The molecule has 6 nitrogen and oxygen atoms in total. The van der Waals surface area contributed by atoms with Crippen LogP contribution in [0.2, 0.25) is 0 Å². The molecule has 1 aromatic rings. The Labute approximate surface area is 156 Å². The number of nitrogens with zero attached hydrogens (tertiary/aromatic N) is 1. The smallest absolute Gasteiger partial charge is 0.328 e. The van der Waals surface area contributed by atoms with Crippen molar-refractivity contribution >= 4 is 33.7 Å². The fourth-order valence-corrected chi connectivity index (χ4v) is 2.87. The number of likely N-dealkylation sites (tertiary alicyclic amines) is 1. The van der Waals surface area contributed by atoms with Gasteiger partial charge in [-0.2, -0.15) is 0 Å². The lowest BCUT2D eigenvalue weighted by Crippen LogP contribution is -2.41. The van der Waals surface area contributed by atoms with Gasteiger partial charge in [0.05, 0.1) is 0 Å². The highest BCUT2D eigenvalue weighted by atomic mass is 79.9. The van der Waals surface area contributed by atoms with Gasteiger partial charge in [0.2, 0.25) is 0 Å². The van der Waals surface area contributed by atoms with Crippen molar-refractivity contribution in [3.8, 4) is 0 Å². The number of nitrogens with one attached hydrogen (secondary N) is 1. The third-order valence-electron chi connectivity index (χ3n) is 4.10. The van der Waals surface area contributed by atoms with Gasteiger partial charge in [-0.05, 0) is 44.0 Å². The van der Waals surface area contributed by atoms with Crippen molar-refractivity contribution in [3.05, 3.63) is 34.3 Å². The summed E-state index contributed by atoms with van der Waals surface area (Å²) in [6, 6.07) is 5.98. The molecule has 0 saturated carbocycles. The Bertz CT molecular complexity index is 610. The Morgan fingerprint density at radius 2 is 1.72 bits per heavy atom. The van der Waals surface area contributed by atoms with E-state index in [4.69, 9.17) is 4.74 Å². The monoisotopic (exact) mass is 410 g/mol. The Balaban J connectivity index is 1.78. The number of hydrogen-bond acceptors (Lipinski definition) is 4. The summed E-state index contributed by atoms with van der Waals surface area (Å²) in [5, 5.41) is 2.57. The van der Waals surface area contributed by atoms with E-state index in [2.05, 4.69) is 21.2 Å². The minimum absolute atomic E-state index is 0.179. The second kappa shape index (κ2) is 9.56. The van der Waals surface area contributed by atoms with E-state index in [-0.39, 0.29) is 18.4 Å². The number of carbonyl (C=O) groups excluding carboxylic acids is 3. The van der Waals surface area contributed by atoms with Crippen LogP contribution in [0.5, 0.6) is 0 Å². The number of ether oxygens (including phenoxy) is 1. The fourth-order valence-electron chi connectivity index (χ4n) is 2.61. The van der Waals surface area contributed by atoms with Gasteiger partial charge in [-0.1, -0.05) is 28.8 Å². The average Bonchev–Trinajstić information content (AvgIpc) is 2.89. The van der Waals surface area contributed by atoms with Gasteiger partial charge in [-0.25, -0.2) is 4.79 Å². The Kier molecular flexibility index (Phi) is 7.43. The van der Waals surface area contributed by atoms with Crippen molar-refractivity contribution < 1.29 is 19.1 Å². The predicted molar refractivity (Wildman–Crippen MR) is 97.1 cm³/mol. The maximum Gasteiger partial charge on any atom is 0.328 e. The molecule has 25 heavy (non-hydrogen) atoms. The predicted octanol–water partition coefficient (Wildman–Crippen LogP) is 2.51. The summed E-state index contributed by atoms with van der Waals surface area (Å²) < 4.78 is 5.93. The molecule has 136 valence electrons. The van der Waals surface area contributed by atoms with Crippen LogP contribution in [0.25, 0.3) is 0 Å². The number of carbonyl (C=O) groups is 3. The molecule has 1 atom stereocenters. The van der Waals surface area contributed by atoms with Gasteiger partial charge in [0.15, 0.2) is 6.61 Å². The maximum atomic E-state index is 12.1. The second-order valence-electron chi connectivity index (χ2n) is 6.10. The van der Waals surface area contributed by atoms with Gasteiger partial charge in [-0.15, -0.1) is 0 Å². The topological polar surface area (TPSA) is 75.7 Å². The van der Waals surface area contributed by atoms with Gasteiger partial charge in [0.1, 0.15) is 6.04 Å². The highest BCUT2D eigenvalue weighted by molar-refractivity contribution is 9.10. The van der Waals surface area contributed by atoms with Crippen molar-refractivity contribution in [1.29, 1.82) is 0 Å². The maximum absolute atomic E-state index is 12.1. The van der Waals surface area contributed by atoms with Gasteiger partial charge < -0.3 is 15.0 Å². The SMILES string of the molecule is C[C@H](NC(=O)c1ccc(Br)cc1)C(=O)OCC(=O)N1CCCCCC1. The zero-order valence-corrected chi connectivity index (χ0v) is 15.9. The highest BCUT2D eigenvalue weighted by Gasteiger charge is 2.21. The van der Waals surface area contributed by atoms with Crippen LogP contribution in [0, 0.1) is 0 Å². The van der Waals surface area contributed by atoms with Crippen molar-refractivity contribution in [1.82, 2.24) is 10.2 Å². The molecule has 1 N–H and O–H groups in total. The fraction of sp³-hybridized carbons (Fsp3) is 0.500. The molecule has 1 heterocycles. The molecule has 2 rings (SSSR count). The summed E-state index contributed by atoms with van der Waals surface area (Å²) in [6.45, 7) is 2.69. The zero-order chi connectivity index (χ0) is 18.2. The number of halogens is 1. The van der Waals surface area contributed by atoms with Crippen molar-refractivity contribution in [2.24, 2.45) is 0 Å². The van der Waals surface area contributed by atoms with Crippen LogP contribution < -0.4 is 5.32 Å². The average molecular weight is 411 g/mol. The normalized spacial score (nSPS) is 15.8. The summed E-state index contributed by atoms with van der Waals surface area (Å²) in [6.07, 6.45) is 4.23. The van der Waals surface area contributed by atoms with E-state index in [1.807, 2.05) is 0 Å². The lowest BCUT2D eigenvalue weighted by atomic mass is 10.2. The number of hydrogen-bond donors (Lipinski definition) is 1. The van der Waals surface area contributed by atoms with E-state index in [1.54, 1.807) is 29.2 Å². The molecule has 0 radical (unpaired) electrons. The van der Waals surface area contributed by atoms with E-state index in [1.165, 1.54) is 6.92 Å². The quantitative estimate of drug-likeness (QED) is 0.756. The van der Waals surface area contributed by atoms with Crippen LogP contribution in [-0.4, -0.2) is 48.4 Å². The standard InChI is InChI=1S/C18H23BrN2O4/c1-13(20-17(23)14-6-8-15(19)9-7-14)18(24)25-12-16(22)21-10-4-2-3-5-11-21/h6-9,13H,2-5,10-12H2,1H3,(H,20,23)/t13-/m0/s1. The third-order valence-corrected chi connectivity index (χ3v) is 4.63. The molecule has 0 unspecified atom stereocenters. The van der Waals surface area contributed by atoms with Crippen LogP contribution >= 0.6 is 15.9 Å². The Morgan fingerprint density at radius 3 is 2.32 bits per heavy atom. The van der Waals surface area contributed by atoms with Crippen molar-refractivity contribution in [2.45, 2.75) is 38.6 Å². The first-order chi connectivity index (χ1) is 12.0. The van der Waals surface area contributed by atoms with Gasteiger partial charge in [0, 0.05) is 23.1 Å². The summed E-state index contributed by atoms with van der Waals surface area (Å²) in [7, 11) is 0. The molecule has 1 fully saturated rings. The first-order valence-corrected chi connectivity index (χ1v) is 9.27. The van der Waals surface area contributed by atoms with Crippen LogP contribution in [0.4, 0.5) is 0 Å². The van der Waals surface area contributed by atoms with E-state index in [9.17, 15) is 14.4 Å². The van der Waals surface area contributed by atoms with Crippen LogP contribution in [0.15, 0.2) is 28.7 Å². The first-order valence-electron chi connectivity index (χ1n) is 8.48. The van der Waals surface area contributed by atoms with Gasteiger partial charge in [0.25, 0.3) is 11.8 Å². The van der Waals surface area contributed by atoms with E-state index >= 15 is 0 Å². The Hall–Kier alpha value is -1.89. The van der Waals surface area contributed by atoms with E-state index < -0.39 is 12.0 Å². The van der Waals surface area contributed by atoms with Crippen LogP contribution in [0.3, 0.4) is 0 Å². The van der Waals surface area contributed by atoms with E-state index in [0.717, 1.165) is 30.2 Å². The summed E-state index contributed by atoms with van der Waals surface area (Å²) >= 11 is 3.30. The Morgan fingerprint density at radius 1 is 1.12 bits per heavy atom. The minimum Gasteiger partial charge on any atom is -0.454 e. The summed E-state index contributed by atoms with van der Waals surface area (Å²) in [5.41, 5.74) is 0.448. The van der Waals surface area contributed by atoms with Gasteiger partial charge in [-0.3, -0.25) is 9.59 Å². The molecule has 2 amide bonds.